The van der Waals surface area contributed by atoms with Crippen LogP contribution in [0.15, 0.2) is 148 Å². The second-order valence-corrected chi connectivity index (χ2v) is 21.7. The van der Waals surface area contributed by atoms with Gasteiger partial charge in [-0.1, -0.05) is 141 Å². The minimum atomic E-state index is -0.131. The van der Waals surface area contributed by atoms with Crippen LogP contribution in [0.4, 0.5) is 28.4 Å². The molecule has 0 unspecified atom stereocenters. The van der Waals surface area contributed by atoms with Gasteiger partial charge in [-0.25, -0.2) is 0 Å². The Hall–Kier alpha value is -6.72. The molecule has 2 aromatic heterocycles. The van der Waals surface area contributed by atoms with E-state index in [1.54, 1.807) is 0 Å². The summed E-state index contributed by atoms with van der Waals surface area (Å²) in [6.07, 6.45) is 4.11. The fourth-order valence-corrected chi connectivity index (χ4v) is 10.9. The monoisotopic (exact) mass is 846 g/mol. The Bertz CT molecular complexity index is 3590. The van der Waals surface area contributed by atoms with Gasteiger partial charge in [-0.3, -0.25) is 0 Å². The van der Waals surface area contributed by atoms with Crippen LogP contribution in [-0.4, -0.2) is 6.71 Å². The maximum absolute atomic E-state index is 6.64. The Morgan fingerprint density at radius 1 is 0.462 bits per heavy atom. The molecular formula is C60H55BN2O2. The summed E-state index contributed by atoms with van der Waals surface area (Å²) in [7, 11) is 0. The predicted octanol–water partition coefficient (Wildman–Crippen LogP) is 13.0. The molecule has 0 N–H and O–H groups in total. The molecule has 0 radical (unpaired) electrons. The molecule has 320 valence electrons. The van der Waals surface area contributed by atoms with Crippen LogP contribution in [0.3, 0.4) is 0 Å². The molecule has 9 aromatic rings. The Labute approximate surface area is 382 Å². The fraction of sp³-hybridized carbons (Fsp3) is 0.233. The lowest BCUT2D eigenvalue weighted by Crippen LogP contribution is -2.62. The first-order valence-corrected chi connectivity index (χ1v) is 23.4. The Morgan fingerprint density at radius 3 is 1.72 bits per heavy atom. The number of hydrogen-bond donors (Lipinski definition) is 0. The number of para-hydroxylation sites is 2. The molecule has 0 bridgehead atoms. The molecule has 5 heteroatoms. The fourth-order valence-electron chi connectivity index (χ4n) is 10.9. The van der Waals surface area contributed by atoms with Crippen LogP contribution in [0, 0.1) is 0 Å². The van der Waals surface area contributed by atoms with E-state index in [1.165, 1.54) is 77.7 Å². The van der Waals surface area contributed by atoms with E-state index in [0.29, 0.717) is 0 Å². The molecular weight excluding hydrogens is 791 g/mol. The number of hydrogen-bond acceptors (Lipinski definition) is 4. The number of furan rings is 2. The van der Waals surface area contributed by atoms with E-state index in [9.17, 15) is 0 Å². The molecule has 0 amide bonds. The minimum absolute atomic E-state index is 0.00685. The zero-order valence-corrected chi connectivity index (χ0v) is 39.1. The van der Waals surface area contributed by atoms with E-state index in [0.717, 1.165) is 57.0 Å². The number of rotatable bonds is 3. The first-order chi connectivity index (χ1) is 31.1. The summed E-state index contributed by atoms with van der Waals surface area (Å²) in [5.41, 5.74) is 21.3. The van der Waals surface area contributed by atoms with Crippen LogP contribution in [0.5, 0.6) is 0 Å². The Kier molecular flexibility index (Phi) is 8.52. The van der Waals surface area contributed by atoms with E-state index < -0.39 is 0 Å². The second kappa shape index (κ2) is 13.9. The molecule has 0 atom stereocenters. The van der Waals surface area contributed by atoms with Gasteiger partial charge in [0.1, 0.15) is 22.2 Å². The summed E-state index contributed by atoms with van der Waals surface area (Å²) in [5.74, 6) is 0. The maximum Gasteiger partial charge on any atom is 0.252 e. The molecule has 4 heterocycles. The van der Waals surface area contributed by atoms with E-state index in [-0.39, 0.29) is 23.0 Å². The van der Waals surface area contributed by atoms with Crippen LogP contribution >= 0.6 is 0 Å². The smallest absolute Gasteiger partial charge is 0.252 e. The van der Waals surface area contributed by atoms with Crippen LogP contribution in [0.2, 0.25) is 0 Å². The van der Waals surface area contributed by atoms with Crippen LogP contribution in [0.25, 0.3) is 55.8 Å². The predicted molar refractivity (Wildman–Crippen MR) is 276 cm³/mol. The second-order valence-electron chi connectivity index (χ2n) is 21.7. The molecule has 0 spiro atoms. The maximum atomic E-state index is 6.64. The molecule has 0 fully saturated rings. The standard InChI is InChI=1S/C60H55BN2O2/c1-58(2,3)38-25-27-47-45(32-38)61-46-33-39(59(4,5)6)26-28-48(46)63(49-20-15-23-55-56(49)43-19-11-13-22-53(43)65-55)51-35-40(60(7,8)9)34-50(57(51)61)62(47)41-17-14-16-36(30-41)37-24-29-54-44(31-37)42-18-10-12-21-52(42)64-54/h10-14,16-19,21-35H,15,20H2,1-9H3. The molecule has 0 saturated carbocycles. The van der Waals surface area contributed by atoms with Gasteiger partial charge < -0.3 is 18.6 Å². The summed E-state index contributed by atoms with van der Waals surface area (Å²) in [4.78, 5) is 5.23. The molecule has 3 aliphatic rings. The molecule has 7 aromatic carbocycles. The summed E-state index contributed by atoms with van der Waals surface area (Å²) >= 11 is 0. The molecule has 1 aliphatic carbocycles. The van der Waals surface area contributed by atoms with Crippen molar-refractivity contribution in [1.82, 2.24) is 0 Å². The van der Waals surface area contributed by atoms with Gasteiger partial charge in [0.15, 0.2) is 0 Å². The summed E-state index contributed by atoms with van der Waals surface area (Å²) < 4.78 is 12.9. The Balaban J connectivity index is 1.18. The van der Waals surface area contributed by atoms with Gasteiger partial charge in [0.25, 0.3) is 6.71 Å². The minimum Gasteiger partial charge on any atom is -0.456 e. The molecule has 0 saturated heterocycles. The van der Waals surface area contributed by atoms with Crippen molar-refractivity contribution in [2.45, 2.75) is 91.4 Å². The zero-order chi connectivity index (χ0) is 44.7. The molecule has 2 aliphatic heterocycles. The highest BCUT2D eigenvalue weighted by molar-refractivity contribution is 7.00. The highest BCUT2D eigenvalue weighted by Gasteiger charge is 2.45. The average Bonchev–Trinajstić information content (AvgIpc) is 3.86. The lowest BCUT2D eigenvalue weighted by atomic mass is 9.33. The van der Waals surface area contributed by atoms with Crippen LogP contribution in [-0.2, 0) is 16.2 Å². The largest absolute Gasteiger partial charge is 0.456 e. The van der Waals surface area contributed by atoms with Gasteiger partial charge in [-0.2, -0.15) is 0 Å². The van der Waals surface area contributed by atoms with Crippen molar-refractivity contribution >= 4 is 96.2 Å². The van der Waals surface area contributed by atoms with Crippen molar-refractivity contribution in [2.75, 3.05) is 9.80 Å². The normalized spacial score (nSPS) is 14.7. The summed E-state index contributed by atoms with van der Waals surface area (Å²) in [6.45, 7) is 21.1. The van der Waals surface area contributed by atoms with E-state index in [1.807, 2.05) is 6.07 Å². The first kappa shape index (κ1) is 39.8. The van der Waals surface area contributed by atoms with Gasteiger partial charge in [0.2, 0.25) is 0 Å². The Morgan fingerprint density at radius 2 is 1.05 bits per heavy atom. The van der Waals surface area contributed by atoms with Gasteiger partial charge >= 0.3 is 0 Å². The SMILES string of the molecule is CC(C)(C)c1ccc2c(c1)B1c3cc(C(C)(C)C)ccc3N(c3cccc(-c4ccc5oc6ccccc6c5c4)c3)c3cc(C(C)(C)C)cc(c31)N2C1=c2c(oc3ccccc23)=CCC1. The highest BCUT2D eigenvalue weighted by atomic mass is 16.3. The van der Waals surface area contributed by atoms with E-state index >= 15 is 0 Å². The zero-order valence-electron chi connectivity index (χ0n) is 39.1. The van der Waals surface area contributed by atoms with Gasteiger partial charge in [0, 0.05) is 55.5 Å². The third kappa shape index (κ3) is 6.18. The van der Waals surface area contributed by atoms with Crippen molar-refractivity contribution in [1.29, 1.82) is 0 Å². The van der Waals surface area contributed by atoms with Crippen molar-refractivity contribution in [3.05, 3.63) is 167 Å². The lowest BCUT2D eigenvalue weighted by molar-refractivity contribution is 0.570. The third-order valence-electron chi connectivity index (χ3n) is 14.4. The number of fused-ring (bicyclic) bond motifs is 10. The summed E-state index contributed by atoms with van der Waals surface area (Å²) in [5, 5.41) is 4.66. The van der Waals surface area contributed by atoms with Gasteiger partial charge in [-0.05, 0) is 140 Å². The molecule has 4 nitrogen and oxygen atoms in total. The number of benzene rings is 7. The number of nitrogens with zero attached hydrogens (tertiary/aromatic N) is 2. The van der Waals surface area contributed by atoms with E-state index in [2.05, 4.69) is 212 Å². The van der Waals surface area contributed by atoms with Crippen molar-refractivity contribution < 1.29 is 8.83 Å². The topological polar surface area (TPSA) is 32.8 Å². The molecule has 12 rings (SSSR count). The first-order valence-electron chi connectivity index (χ1n) is 23.4. The summed E-state index contributed by atoms with van der Waals surface area (Å²) in [6, 6.07) is 52.4. The average molecular weight is 847 g/mol. The van der Waals surface area contributed by atoms with Crippen molar-refractivity contribution in [2.24, 2.45) is 0 Å². The van der Waals surface area contributed by atoms with Crippen LogP contribution < -0.4 is 36.8 Å². The van der Waals surface area contributed by atoms with Gasteiger partial charge in [-0.15, -0.1) is 0 Å². The third-order valence-corrected chi connectivity index (χ3v) is 14.4. The van der Waals surface area contributed by atoms with E-state index in [4.69, 9.17) is 8.83 Å². The lowest BCUT2D eigenvalue weighted by Gasteiger charge is -2.46. The van der Waals surface area contributed by atoms with Crippen molar-refractivity contribution in [3.63, 3.8) is 0 Å². The number of anilines is 5. The highest BCUT2D eigenvalue weighted by Crippen LogP contribution is 2.47. The van der Waals surface area contributed by atoms with Crippen LogP contribution in [0.1, 0.15) is 91.8 Å². The molecule has 65 heavy (non-hydrogen) atoms. The van der Waals surface area contributed by atoms with Crippen molar-refractivity contribution in [3.8, 4) is 11.1 Å². The van der Waals surface area contributed by atoms with Gasteiger partial charge in [0.05, 0.1) is 0 Å². The quantitative estimate of drug-likeness (QED) is 0.166.